The number of rotatable bonds is 2. The third-order valence-electron chi connectivity index (χ3n) is 2.96. The van der Waals surface area contributed by atoms with Crippen molar-refractivity contribution in [1.29, 1.82) is 0 Å². The van der Waals surface area contributed by atoms with Crippen LogP contribution in [0.1, 0.15) is 19.4 Å². The Morgan fingerprint density at radius 2 is 2.14 bits per heavy atom. The van der Waals surface area contributed by atoms with Crippen molar-refractivity contribution < 1.29 is 0 Å². The number of thiophene rings is 1. The quantitative estimate of drug-likeness (QED) is 0.802. The first-order valence-electron chi connectivity index (χ1n) is 5.25. The third kappa shape index (κ3) is 2.16. The van der Waals surface area contributed by atoms with Crippen molar-refractivity contribution in [2.45, 2.75) is 32.5 Å². The van der Waals surface area contributed by atoms with Gasteiger partial charge >= 0.3 is 0 Å². The number of nitrogens with one attached hydrogen (secondary N) is 1. The Kier molecular flexibility index (Phi) is 3.21. The molecule has 0 saturated carbocycles. The van der Waals surface area contributed by atoms with Crippen LogP contribution in [0.4, 0.5) is 0 Å². The van der Waals surface area contributed by atoms with Gasteiger partial charge in [-0.05, 0) is 36.2 Å². The van der Waals surface area contributed by atoms with Crippen LogP contribution in [0.5, 0.6) is 0 Å². The molecule has 0 bridgehead atoms. The van der Waals surface area contributed by atoms with Crippen molar-refractivity contribution in [3.63, 3.8) is 0 Å². The maximum Gasteiger partial charge on any atom is 0.0248 e. The SMILES string of the molecule is CC1CNCC(C)N1Cc1ccsc1. The Labute approximate surface area is 89.9 Å². The minimum Gasteiger partial charge on any atom is -0.314 e. The van der Waals surface area contributed by atoms with Crippen LogP contribution in [0.15, 0.2) is 16.8 Å². The predicted molar refractivity (Wildman–Crippen MR) is 61.7 cm³/mol. The largest absolute Gasteiger partial charge is 0.314 e. The first-order valence-corrected chi connectivity index (χ1v) is 6.19. The lowest BCUT2D eigenvalue weighted by molar-refractivity contribution is 0.109. The highest BCUT2D eigenvalue weighted by Gasteiger charge is 2.24. The molecule has 0 amide bonds. The Morgan fingerprint density at radius 1 is 1.43 bits per heavy atom. The summed E-state index contributed by atoms with van der Waals surface area (Å²) in [6, 6.07) is 3.53. The van der Waals surface area contributed by atoms with Crippen LogP contribution < -0.4 is 5.32 Å². The molecule has 0 radical (unpaired) electrons. The zero-order valence-corrected chi connectivity index (χ0v) is 9.68. The molecule has 14 heavy (non-hydrogen) atoms. The fourth-order valence-electron chi connectivity index (χ4n) is 2.08. The van der Waals surface area contributed by atoms with Crippen molar-refractivity contribution in [1.82, 2.24) is 10.2 Å². The Bertz CT molecular complexity index is 261. The third-order valence-corrected chi connectivity index (χ3v) is 3.69. The molecule has 0 aromatic carbocycles. The van der Waals surface area contributed by atoms with Gasteiger partial charge in [0.25, 0.3) is 0 Å². The summed E-state index contributed by atoms with van der Waals surface area (Å²) >= 11 is 1.79. The van der Waals surface area contributed by atoms with E-state index in [0.717, 1.165) is 19.6 Å². The van der Waals surface area contributed by atoms with Crippen LogP contribution in [0.2, 0.25) is 0 Å². The van der Waals surface area contributed by atoms with Crippen molar-refractivity contribution in [3.8, 4) is 0 Å². The minimum atomic E-state index is 0.652. The molecule has 2 heterocycles. The van der Waals surface area contributed by atoms with Crippen LogP contribution in [0, 0.1) is 0 Å². The molecule has 1 fully saturated rings. The molecule has 1 saturated heterocycles. The molecule has 1 aromatic heterocycles. The first kappa shape index (κ1) is 10.1. The van der Waals surface area contributed by atoms with Crippen LogP contribution in [-0.2, 0) is 6.54 Å². The topological polar surface area (TPSA) is 15.3 Å². The van der Waals surface area contributed by atoms with Gasteiger partial charge in [0, 0.05) is 31.7 Å². The maximum absolute atomic E-state index is 3.45. The summed E-state index contributed by atoms with van der Waals surface area (Å²) < 4.78 is 0. The lowest BCUT2D eigenvalue weighted by Gasteiger charge is -2.39. The molecule has 1 aliphatic heterocycles. The van der Waals surface area contributed by atoms with E-state index in [1.165, 1.54) is 5.56 Å². The van der Waals surface area contributed by atoms with Gasteiger partial charge in [-0.15, -0.1) is 0 Å². The van der Waals surface area contributed by atoms with E-state index in [1.807, 2.05) is 0 Å². The predicted octanol–water partition coefficient (Wildman–Crippen LogP) is 1.93. The normalized spacial score (nSPS) is 29.3. The highest BCUT2D eigenvalue weighted by molar-refractivity contribution is 7.07. The summed E-state index contributed by atoms with van der Waals surface area (Å²) in [5, 5.41) is 7.87. The van der Waals surface area contributed by atoms with Gasteiger partial charge in [-0.1, -0.05) is 0 Å². The lowest BCUT2D eigenvalue weighted by Crippen LogP contribution is -2.54. The molecule has 2 rings (SSSR count). The van der Waals surface area contributed by atoms with E-state index >= 15 is 0 Å². The Balaban J connectivity index is 2.01. The molecule has 1 aliphatic rings. The second-order valence-electron chi connectivity index (χ2n) is 4.16. The molecule has 2 atom stereocenters. The molecule has 1 N–H and O–H groups in total. The van der Waals surface area contributed by atoms with Gasteiger partial charge in [-0.2, -0.15) is 11.3 Å². The molecule has 2 nitrogen and oxygen atoms in total. The van der Waals surface area contributed by atoms with Crippen LogP contribution >= 0.6 is 11.3 Å². The van der Waals surface area contributed by atoms with E-state index in [-0.39, 0.29) is 0 Å². The summed E-state index contributed by atoms with van der Waals surface area (Å²) in [5.74, 6) is 0. The van der Waals surface area contributed by atoms with Gasteiger partial charge in [0.2, 0.25) is 0 Å². The Hall–Kier alpha value is -0.380. The molecule has 3 heteroatoms. The van der Waals surface area contributed by atoms with E-state index in [4.69, 9.17) is 0 Å². The molecule has 78 valence electrons. The second-order valence-corrected chi connectivity index (χ2v) is 4.94. The average molecular weight is 210 g/mol. The average Bonchev–Trinajstić information content (AvgIpc) is 2.64. The molecular formula is C11H18N2S. The monoisotopic (exact) mass is 210 g/mol. The van der Waals surface area contributed by atoms with E-state index in [0.29, 0.717) is 12.1 Å². The van der Waals surface area contributed by atoms with E-state index in [2.05, 4.69) is 40.9 Å². The zero-order valence-electron chi connectivity index (χ0n) is 8.86. The first-order chi connectivity index (χ1) is 6.77. The van der Waals surface area contributed by atoms with Gasteiger partial charge < -0.3 is 5.32 Å². The highest BCUT2D eigenvalue weighted by Crippen LogP contribution is 2.16. The van der Waals surface area contributed by atoms with Crippen molar-refractivity contribution in [2.75, 3.05) is 13.1 Å². The summed E-state index contributed by atoms with van der Waals surface area (Å²) in [4.78, 5) is 2.58. The van der Waals surface area contributed by atoms with E-state index in [1.54, 1.807) is 11.3 Å². The van der Waals surface area contributed by atoms with Crippen molar-refractivity contribution >= 4 is 11.3 Å². The zero-order chi connectivity index (χ0) is 9.97. The maximum atomic E-state index is 3.45. The van der Waals surface area contributed by atoms with Gasteiger partial charge in [-0.3, -0.25) is 4.90 Å². The van der Waals surface area contributed by atoms with E-state index < -0.39 is 0 Å². The Morgan fingerprint density at radius 3 is 2.71 bits per heavy atom. The fraction of sp³-hybridized carbons (Fsp3) is 0.636. The van der Waals surface area contributed by atoms with Crippen LogP contribution in [-0.4, -0.2) is 30.1 Å². The summed E-state index contributed by atoms with van der Waals surface area (Å²) in [6.07, 6.45) is 0. The number of nitrogens with zero attached hydrogens (tertiary/aromatic N) is 1. The number of hydrogen-bond acceptors (Lipinski definition) is 3. The number of hydrogen-bond donors (Lipinski definition) is 1. The highest BCUT2D eigenvalue weighted by atomic mass is 32.1. The van der Waals surface area contributed by atoms with Crippen molar-refractivity contribution in [3.05, 3.63) is 22.4 Å². The van der Waals surface area contributed by atoms with Gasteiger partial charge in [0.1, 0.15) is 0 Å². The summed E-state index contributed by atoms with van der Waals surface area (Å²) in [7, 11) is 0. The van der Waals surface area contributed by atoms with Gasteiger partial charge in [-0.25, -0.2) is 0 Å². The molecule has 0 aliphatic carbocycles. The summed E-state index contributed by atoms with van der Waals surface area (Å²) in [6.45, 7) is 7.94. The van der Waals surface area contributed by atoms with Crippen molar-refractivity contribution in [2.24, 2.45) is 0 Å². The van der Waals surface area contributed by atoms with E-state index in [9.17, 15) is 0 Å². The fourth-order valence-corrected chi connectivity index (χ4v) is 2.73. The van der Waals surface area contributed by atoms with Crippen LogP contribution in [0.3, 0.4) is 0 Å². The molecular weight excluding hydrogens is 192 g/mol. The smallest absolute Gasteiger partial charge is 0.0248 e. The standard InChI is InChI=1S/C11H18N2S/c1-9-5-12-6-10(2)13(9)7-11-3-4-14-8-11/h3-4,8-10,12H,5-7H2,1-2H3. The minimum absolute atomic E-state index is 0.652. The molecule has 2 unspecified atom stereocenters. The lowest BCUT2D eigenvalue weighted by atomic mass is 10.1. The molecule has 1 aromatic rings. The van der Waals surface area contributed by atoms with Gasteiger partial charge in [0.15, 0.2) is 0 Å². The van der Waals surface area contributed by atoms with Gasteiger partial charge in [0.05, 0.1) is 0 Å². The second kappa shape index (κ2) is 4.43. The summed E-state index contributed by atoms with van der Waals surface area (Å²) in [5.41, 5.74) is 1.45. The van der Waals surface area contributed by atoms with Crippen LogP contribution in [0.25, 0.3) is 0 Å². The molecule has 0 spiro atoms. The number of piperazine rings is 1.